The van der Waals surface area contributed by atoms with E-state index in [1.54, 1.807) is 0 Å². The number of hydrogen-bond donors (Lipinski definition) is 1. The average Bonchev–Trinajstić information content (AvgIpc) is 2.59. The quantitative estimate of drug-likeness (QED) is 0.645. The molecule has 1 heterocycles. The molecule has 0 saturated heterocycles. The van der Waals surface area contributed by atoms with Crippen LogP contribution in [0.25, 0.3) is 0 Å². The third-order valence-electron chi connectivity index (χ3n) is 2.31. The van der Waals surface area contributed by atoms with Gasteiger partial charge in [0.2, 0.25) is 0 Å². The van der Waals surface area contributed by atoms with Gasteiger partial charge in [0.1, 0.15) is 0 Å². The maximum Gasteiger partial charge on any atom is 0.0623 e. The van der Waals surface area contributed by atoms with Gasteiger partial charge in [-0.25, -0.2) is 0 Å². The highest BCUT2D eigenvalue weighted by Crippen LogP contribution is 2.11. The van der Waals surface area contributed by atoms with Crippen molar-refractivity contribution in [2.45, 2.75) is 33.2 Å². The van der Waals surface area contributed by atoms with Crippen LogP contribution in [0.1, 0.15) is 33.2 Å². The van der Waals surface area contributed by atoms with Crippen LogP contribution >= 0.6 is 22.6 Å². The third kappa shape index (κ3) is 4.97. The second kappa shape index (κ2) is 6.48. The van der Waals surface area contributed by atoms with Gasteiger partial charge in [-0.1, -0.05) is 13.8 Å². The molecule has 1 aromatic heterocycles. The monoisotopic (exact) mass is 321 g/mol. The molecule has 0 bridgehead atoms. The summed E-state index contributed by atoms with van der Waals surface area (Å²) in [6.45, 7) is 8.83. The minimum atomic E-state index is 0.480. The van der Waals surface area contributed by atoms with Gasteiger partial charge in [0.25, 0.3) is 0 Å². The SMILES string of the molecule is CC(C)CNCCC(C)n1cc(I)cn1. The number of nitrogens with zero attached hydrogens (tertiary/aromatic N) is 2. The second-order valence-corrected chi connectivity index (χ2v) is 5.62. The van der Waals surface area contributed by atoms with Crippen molar-refractivity contribution < 1.29 is 0 Å². The zero-order valence-corrected chi connectivity index (χ0v) is 11.9. The molecule has 1 rings (SSSR count). The van der Waals surface area contributed by atoms with Gasteiger partial charge < -0.3 is 5.32 Å². The van der Waals surface area contributed by atoms with Crippen molar-refractivity contribution in [3.8, 4) is 0 Å². The molecule has 0 aromatic carbocycles. The standard InChI is InChI=1S/C11H20IN3/c1-9(2)6-13-5-4-10(3)15-8-11(12)7-14-15/h7-10,13H,4-6H2,1-3H3. The van der Waals surface area contributed by atoms with E-state index in [2.05, 4.69) is 60.0 Å². The largest absolute Gasteiger partial charge is 0.316 e. The summed E-state index contributed by atoms with van der Waals surface area (Å²) >= 11 is 2.29. The summed E-state index contributed by atoms with van der Waals surface area (Å²) in [6, 6.07) is 0.480. The van der Waals surface area contributed by atoms with E-state index in [9.17, 15) is 0 Å². The van der Waals surface area contributed by atoms with Crippen molar-refractivity contribution in [2.24, 2.45) is 5.92 Å². The summed E-state index contributed by atoms with van der Waals surface area (Å²) < 4.78 is 3.24. The molecule has 0 saturated carbocycles. The maximum absolute atomic E-state index is 4.31. The summed E-state index contributed by atoms with van der Waals surface area (Å²) in [5.74, 6) is 0.728. The van der Waals surface area contributed by atoms with Gasteiger partial charge in [-0.3, -0.25) is 4.68 Å². The molecule has 0 aliphatic carbocycles. The summed E-state index contributed by atoms with van der Waals surface area (Å²) in [6.07, 6.45) is 5.12. The molecule has 0 fully saturated rings. The minimum absolute atomic E-state index is 0.480. The normalized spacial score (nSPS) is 13.4. The Labute approximate surface area is 106 Å². The van der Waals surface area contributed by atoms with E-state index in [0.29, 0.717) is 6.04 Å². The van der Waals surface area contributed by atoms with Gasteiger partial charge in [-0.2, -0.15) is 5.10 Å². The molecule has 0 amide bonds. The molecule has 4 heteroatoms. The van der Waals surface area contributed by atoms with Gasteiger partial charge in [0.05, 0.1) is 15.8 Å². The van der Waals surface area contributed by atoms with Crippen molar-refractivity contribution in [2.75, 3.05) is 13.1 Å². The van der Waals surface area contributed by atoms with Gasteiger partial charge >= 0.3 is 0 Å². The Hall–Kier alpha value is -0.100. The van der Waals surface area contributed by atoms with Crippen LogP contribution in [-0.2, 0) is 0 Å². The van der Waals surface area contributed by atoms with Gasteiger partial charge in [0.15, 0.2) is 0 Å². The number of rotatable bonds is 6. The van der Waals surface area contributed by atoms with E-state index in [-0.39, 0.29) is 0 Å². The highest BCUT2D eigenvalue weighted by atomic mass is 127. The Kier molecular flexibility index (Phi) is 5.60. The van der Waals surface area contributed by atoms with Crippen LogP contribution in [0, 0.1) is 9.49 Å². The van der Waals surface area contributed by atoms with E-state index < -0.39 is 0 Å². The third-order valence-corrected chi connectivity index (χ3v) is 2.87. The van der Waals surface area contributed by atoms with Crippen molar-refractivity contribution in [1.82, 2.24) is 15.1 Å². The highest BCUT2D eigenvalue weighted by Gasteiger charge is 2.05. The predicted molar refractivity (Wildman–Crippen MR) is 72.0 cm³/mol. The van der Waals surface area contributed by atoms with E-state index >= 15 is 0 Å². The lowest BCUT2D eigenvalue weighted by atomic mass is 10.2. The topological polar surface area (TPSA) is 29.9 Å². The Morgan fingerprint density at radius 3 is 2.73 bits per heavy atom. The molecule has 0 aliphatic heterocycles. The lowest BCUT2D eigenvalue weighted by molar-refractivity contribution is 0.433. The van der Waals surface area contributed by atoms with Crippen molar-refractivity contribution in [3.63, 3.8) is 0 Å². The highest BCUT2D eigenvalue weighted by molar-refractivity contribution is 14.1. The van der Waals surface area contributed by atoms with Gasteiger partial charge in [0, 0.05) is 6.20 Å². The first-order chi connectivity index (χ1) is 7.09. The second-order valence-electron chi connectivity index (χ2n) is 4.37. The van der Waals surface area contributed by atoms with Crippen LogP contribution in [0.15, 0.2) is 12.4 Å². The molecule has 1 N–H and O–H groups in total. The number of aromatic nitrogens is 2. The van der Waals surface area contributed by atoms with Crippen LogP contribution in [0.4, 0.5) is 0 Å². The van der Waals surface area contributed by atoms with E-state index in [0.717, 1.165) is 25.4 Å². The van der Waals surface area contributed by atoms with Gasteiger partial charge in [-0.05, 0) is 54.9 Å². The first-order valence-electron chi connectivity index (χ1n) is 5.50. The molecule has 1 unspecified atom stereocenters. The van der Waals surface area contributed by atoms with Crippen LogP contribution in [-0.4, -0.2) is 22.9 Å². The molecular weight excluding hydrogens is 301 g/mol. The first kappa shape index (κ1) is 13.0. The van der Waals surface area contributed by atoms with E-state index in [1.165, 1.54) is 3.57 Å². The molecule has 0 spiro atoms. The first-order valence-corrected chi connectivity index (χ1v) is 6.58. The average molecular weight is 321 g/mol. The zero-order chi connectivity index (χ0) is 11.3. The van der Waals surface area contributed by atoms with E-state index in [1.807, 2.05) is 10.9 Å². The van der Waals surface area contributed by atoms with Gasteiger partial charge in [-0.15, -0.1) is 0 Å². The summed E-state index contributed by atoms with van der Waals surface area (Å²) in [7, 11) is 0. The van der Waals surface area contributed by atoms with Crippen LogP contribution in [0.3, 0.4) is 0 Å². The fourth-order valence-corrected chi connectivity index (χ4v) is 1.80. The fraction of sp³-hybridized carbons (Fsp3) is 0.727. The molecule has 0 aliphatic rings. The van der Waals surface area contributed by atoms with Crippen LogP contribution in [0.5, 0.6) is 0 Å². The Morgan fingerprint density at radius 1 is 1.47 bits per heavy atom. The lowest BCUT2D eigenvalue weighted by Gasteiger charge is -2.13. The molecule has 86 valence electrons. The van der Waals surface area contributed by atoms with Crippen LogP contribution < -0.4 is 5.32 Å². The van der Waals surface area contributed by atoms with E-state index in [4.69, 9.17) is 0 Å². The summed E-state index contributed by atoms with van der Waals surface area (Å²) in [4.78, 5) is 0. The Morgan fingerprint density at radius 2 is 2.20 bits per heavy atom. The number of nitrogens with one attached hydrogen (secondary N) is 1. The number of halogens is 1. The smallest absolute Gasteiger partial charge is 0.0623 e. The predicted octanol–water partition coefficient (Wildman–Crippen LogP) is 2.68. The summed E-state index contributed by atoms with van der Waals surface area (Å²) in [5, 5.41) is 7.76. The Bertz CT molecular complexity index is 283. The van der Waals surface area contributed by atoms with Crippen molar-refractivity contribution >= 4 is 22.6 Å². The maximum atomic E-state index is 4.31. The number of hydrogen-bond acceptors (Lipinski definition) is 2. The van der Waals surface area contributed by atoms with Crippen molar-refractivity contribution in [1.29, 1.82) is 0 Å². The summed E-state index contributed by atoms with van der Waals surface area (Å²) in [5.41, 5.74) is 0. The minimum Gasteiger partial charge on any atom is -0.316 e. The van der Waals surface area contributed by atoms with Crippen molar-refractivity contribution in [3.05, 3.63) is 16.0 Å². The zero-order valence-electron chi connectivity index (χ0n) is 9.70. The molecule has 15 heavy (non-hydrogen) atoms. The fourth-order valence-electron chi connectivity index (χ4n) is 1.39. The Balaban J connectivity index is 2.21. The molecular formula is C11H20IN3. The molecule has 1 aromatic rings. The molecule has 0 radical (unpaired) electrons. The molecule has 1 atom stereocenters. The lowest BCUT2D eigenvalue weighted by Crippen LogP contribution is -2.23. The molecule has 3 nitrogen and oxygen atoms in total. The van der Waals surface area contributed by atoms with Crippen LogP contribution in [0.2, 0.25) is 0 Å².